The van der Waals surface area contributed by atoms with Gasteiger partial charge >= 0.3 is 0 Å². The Hall–Kier alpha value is -1.24. The summed E-state index contributed by atoms with van der Waals surface area (Å²) in [5.41, 5.74) is 1.05. The van der Waals surface area contributed by atoms with Gasteiger partial charge in [-0.05, 0) is 24.8 Å². The summed E-state index contributed by atoms with van der Waals surface area (Å²) in [7, 11) is 0. The molecule has 0 aromatic carbocycles. The Morgan fingerprint density at radius 3 is 3.11 bits per heavy atom. The number of nitrogens with zero attached hydrogens (tertiary/aromatic N) is 1. The molecule has 2 N–H and O–H groups in total. The van der Waals surface area contributed by atoms with Crippen LogP contribution in [0.5, 0.6) is 0 Å². The lowest BCUT2D eigenvalue weighted by molar-refractivity contribution is 0.0949. The second-order valence-corrected chi connectivity index (χ2v) is 5.75. The summed E-state index contributed by atoms with van der Waals surface area (Å²) in [6, 6.07) is 1.98. The highest BCUT2D eigenvalue weighted by Gasteiger charge is 2.11. The SMILES string of the molecule is CC(O)CCNC(=O)c1cnc(-c2ccsc2)s1. The highest BCUT2D eigenvalue weighted by Crippen LogP contribution is 2.26. The number of carbonyl (C=O) groups excluding carboxylic acids is 1. The average molecular weight is 282 g/mol. The van der Waals surface area contributed by atoms with Crippen LogP contribution in [-0.4, -0.2) is 28.6 Å². The molecule has 0 saturated carbocycles. The molecule has 2 aromatic rings. The van der Waals surface area contributed by atoms with Crippen LogP contribution in [0, 0.1) is 0 Å². The molecule has 6 heteroatoms. The van der Waals surface area contributed by atoms with Crippen LogP contribution < -0.4 is 5.32 Å². The van der Waals surface area contributed by atoms with E-state index >= 15 is 0 Å². The summed E-state index contributed by atoms with van der Waals surface area (Å²) in [6.07, 6.45) is 1.75. The van der Waals surface area contributed by atoms with Crippen LogP contribution in [-0.2, 0) is 0 Å². The van der Waals surface area contributed by atoms with Gasteiger partial charge in [0.1, 0.15) is 9.88 Å². The predicted molar refractivity (Wildman–Crippen MR) is 74.1 cm³/mol. The van der Waals surface area contributed by atoms with Gasteiger partial charge in [-0.1, -0.05) is 0 Å². The van der Waals surface area contributed by atoms with Gasteiger partial charge < -0.3 is 10.4 Å². The number of nitrogens with one attached hydrogen (secondary N) is 1. The van der Waals surface area contributed by atoms with E-state index in [1.165, 1.54) is 11.3 Å². The zero-order valence-corrected chi connectivity index (χ0v) is 11.6. The van der Waals surface area contributed by atoms with Crippen molar-refractivity contribution in [1.29, 1.82) is 0 Å². The van der Waals surface area contributed by atoms with E-state index in [0.717, 1.165) is 10.6 Å². The number of carbonyl (C=O) groups is 1. The van der Waals surface area contributed by atoms with Crippen LogP contribution in [0.4, 0.5) is 0 Å². The molecular weight excluding hydrogens is 268 g/mol. The Labute approximate surface area is 113 Å². The van der Waals surface area contributed by atoms with Crippen LogP contribution in [0.15, 0.2) is 23.0 Å². The lowest BCUT2D eigenvalue weighted by Crippen LogP contribution is -2.25. The Bertz CT molecular complexity index is 506. The number of thiophene rings is 1. The summed E-state index contributed by atoms with van der Waals surface area (Å²) in [4.78, 5) is 16.6. The van der Waals surface area contributed by atoms with Gasteiger partial charge in [-0.25, -0.2) is 4.98 Å². The number of aliphatic hydroxyl groups is 1. The molecule has 2 heterocycles. The number of rotatable bonds is 5. The van der Waals surface area contributed by atoms with Crippen molar-refractivity contribution in [1.82, 2.24) is 10.3 Å². The molecule has 2 aromatic heterocycles. The van der Waals surface area contributed by atoms with Crippen LogP contribution in [0.3, 0.4) is 0 Å². The number of aromatic nitrogens is 1. The second kappa shape index (κ2) is 6.08. The zero-order chi connectivity index (χ0) is 13.0. The third-order valence-electron chi connectivity index (χ3n) is 2.35. The number of amides is 1. The minimum absolute atomic E-state index is 0.130. The Kier molecular flexibility index (Phi) is 4.46. The second-order valence-electron chi connectivity index (χ2n) is 3.94. The molecule has 4 nitrogen and oxygen atoms in total. The van der Waals surface area contributed by atoms with Crippen molar-refractivity contribution in [2.75, 3.05) is 6.54 Å². The van der Waals surface area contributed by atoms with E-state index in [-0.39, 0.29) is 5.91 Å². The lowest BCUT2D eigenvalue weighted by Gasteiger charge is -2.04. The van der Waals surface area contributed by atoms with Crippen molar-refractivity contribution in [3.63, 3.8) is 0 Å². The first-order valence-electron chi connectivity index (χ1n) is 5.61. The number of aliphatic hydroxyl groups excluding tert-OH is 1. The third kappa shape index (κ3) is 3.38. The smallest absolute Gasteiger partial charge is 0.263 e. The quantitative estimate of drug-likeness (QED) is 0.885. The van der Waals surface area contributed by atoms with Crippen molar-refractivity contribution < 1.29 is 9.90 Å². The molecule has 2 rings (SSSR count). The first kappa shape index (κ1) is 13.2. The Morgan fingerprint density at radius 2 is 2.44 bits per heavy atom. The molecule has 18 heavy (non-hydrogen) atoms. The molecule has 1 atom stereocenters. The van der Waals surface area contributed by atoms with Crippen molar-refractivity contribution >= 4 is 28.6 Å². The Morgan fingerprint density at radius 1 is 1.61 bits per heavy atom. The topological polar surface area (TPSA) is 62.2 Å². The summed E-state index contributed by atoms with van der Waals surface area (Å²) in [5, 5.41) is 16.7. The van der Waals surface area contributed by atoms with Gasteiger partial charge in [0.15, 0.2) is 0 Å². The molecule has 0 aliphatic carbocycles. The summed E-state index contributed by atoms with van der Waals surface area (Å²) < 4.78 is 0. The largest absolute Gasteiger partial charge is 0.393 e. The monoisotopic (exact) mass is 282 g/mol. The predicted octanol–water partition coefficient (Wildman–Crippen LogP) is 2.37. The van der Waals surface area contributed by atoms with Crippen LogP contribution in [0.2, 0.25) is 0 Å². The lowest BCUT2D eigenvalue weighted by atomic mass is 10.3. The molecule has 0 bridgehead atoms. The van der Waals surface area contributed by atoms with Gasteiger partial charge in [-0.3, -0.25) is 4.79 Å². The molecule has 0 spiro atoms. The standard InChI is InChI=1S/C12H14N2O2S2/c1-8(15)2-4-13-11(16)10-6-14-12(18-10)9-3-5-17-7-9/h3,5-8,15H,2,4H2,1H3,(H,13,16). The molecule has 1 amide bonds. The number of thiazole rings is 1. The fourth-order valence-electron chi connectivity index (χ4n) is 1.38. The molecule has 0 fully saturated rings. The number of hydrogen-bond acceptors (Lipinski definition) is 5. The van der Waals surface area contributed by atoms with E-state index in [1.807, 2.05) is 16.8 Å². The van der Waals surface area contributed by atoms with Crippen molar-refractivity contribution in [3.05, 3.63) is 27.9 Å². The minimum Gasteiger partial charge on any atom is -0.393 e. The molecule has 0 aliphatic rings. The Balaban J connectivity index is 1.95. The third-order valence-corrected chi connectivity index (χ3v) is 4.07. The maximum absolute atomic E-state index is 11.8. The van der Waals surface area contributed by atoms with Gasteiger partial charge in [0.2, 0.25) is 0 Å². The van der Waals surface area contributed by atoms with Gasteiger partial charge in [0.25, 0.3) is 5.91 Å². The average Bonchev–Trinajstić information content (AvgIpc) is 2.99. The van der Waals surface area contributed by atoms with E-state index < -0.39 is 6.10 Å². The van der Waals surface area contributed by atoms with E-state index in [2.05, 4.69) is 10.3 Å². The van der Waals surface area contributed by atoms with Gasteiger partial charge in [0.05, 0.1) is 12.3 Å². The van der Waals surface area contributed by atoms with Crippen molar-refractivity contribution in [2.45, 2.75) is 19.4 Å². The summed E-state index contributed by atoms with van der Waals surface area (Å²) >= 11 is 2.99. The minimum atomic E-state index is -0.395. The van der Waals surface area contributed by atoms with E-state index in [4.69, 9.17) is 5.11 Å². The molecule has 1 unspecified atom stereocenters. The maximum atomic E-state index is 11.8. The van der Waals surface area contributed by atoms with Gasteiger partial charge in [0, 0.05) is 17.5 Å². The fraction of sp³-hybridized carbons (Fsp3) is 0.333. The molecule has 96 valence electrons. The first-order valence-corrected chi connectivity index (χ1v) is 7.37. The van der Waals surface area contributed by atoms with Gasteiger partial charge in [-0.2, -0.15) is 11.3 Å². The van der Waals surface area contributed by atoms with Crippen LogP contribution in [0.1, 0.15) is 23.0 Å². The van der Waals surface area contributed by atoms with E-state index in [1.54, 1.807) is 24.5 Å². The first-order chi connectivity index (χ1) is 8.66. The van der Waals surface area contributed by atoms with Crippen LogP contribution >= 0.6 is 22.7 Å². The van der Waals surface area contributed by atoms with E-state index in [0.29, 0.717) is 17.8 Å². The zero-order valence-electron chi connectivity index (χ0n) is 9.92. The summed E-state index contributed by atoms with van der Waals surface area (Å²) in [6.45, 7) is 2.18. The normalized spacial score (nSPS) is 12.3. The van der Waals surface area contributed by atoms with Gasteiger partial charge in [-0.15, -0.1) is 11.3 Å². The maximum Gasteiger partial charge on any atom is 0.263 e. The molecule has 0 radical (unpaired) electrons. The van der Waals surface area contributed by atoms with Crippen molar-refractivity contribution in [3.8, 4) is 10.6 Å². The number of hydrogen-bond donors (Lipinski definition) is 2. The van der Waals surface area contributed by atoms with Crippen LogP contribution in [0.25, 0.3) is 10.6 Å². The highest BCUT2D eigenvalue weighted by atomic mass is 32.1. The molecule has 0 saturated heterocycles. The molecule has 0 aliphatic heterocycles. The highest BCUT2D eigenvalue weighted by molar-refractivity contribution is 7.17. The van der Waals surface area contributed by atoms with Crippen molar-refractivity contribution in [2.24, 2.45) is 0 Å². The summed E-state index contributed by atoms with van der Waals surface area (Å²) in [5.74, 6) is -0.130. The molecular formula is C12H14N2O2S2. The fourth-order valence-corrected chi connectivity index (χ4v) is 2.92. The van der Waals surface area contributed by atoms with E-state index in [9.17, 15) is 4.79 Å².